The van der Waals surface area contributed by atoms with Gasteiger partial charge in [-0.2, -0.15) is 0 Å². The van der Waals surface area contributed by atoms with E-state index >= 15 is 0 Å². The molecular weight excluding hydrogens is 346 g/mol. The van der Waals surface area contributed by atoms with Crippen molar-refractivity contribution in [3.63, 3.8) is 0 Å². The summed E-state index contributed by atoms with van der Waals surface area (Å²) in [5.41, 5.74) is 8.34. The number of benzene rings is 1. The zero-order chi connectivity index (χ0) is 19.7. The van der Waals surface area contributed by atoms with Gasteiger partial charge >= 0.3 is 0 Å². The Kier molecular flexibility index (Phi) is 5.98. The molecule has 1 aromatic carbocycles. The Balaban J connectivity index is 1.43. The molecule has 2 heterocycles. The van der Waals surface area contributed by atoms with Gasteiger partial charge in [0, 0.05) is 42.3 Å². The minimum absolute atomic E-state index is 0.343. The van der Waals surface area contributed by atoms with Gasteiger partial charge in [0.05, 0.1) is 0 Å². The van der Waals surface area contributed by atoms with Crippen molar-refractivity contribution in [2.45, 2.75) is 70.9 Å². The van der Waals surface area contributed by atoms with E-state index in [1.807, 2.05) is 12.1 Å². The third-order valence-electron chi connectivity index (χ3n) is 7.41. The predicted molar refractivity (Wildman–Crippen MR) is 117 cm³/mol. The van der Waals surface area contributed by atoms with Gasteiger partial charge in [0.25, 0.3) is 0 Å². The van der Waals surface area contributed by atoms with Gasteiger partial charge in [0.1, 0.15) is 5.75 Å². The van der Waals surface area contributed by atoms with Crippen molar-refractivity contribution in [1.29, 1.82) is 0 Å². The molecule has 2 fully saturated rings. The summed E-state index contributed by atoms with van der Waals surface area (Å²) in [4.78, 5) is 2.77. The van der Waals surface area contributed by atoms with Crippen LogP contribution in [0.25, 0.3) is 10.9 Å². The molecule has 1 saturated heterocycles. The summed E-state index contributed by atoms with van der Waals surface area (Å²) in [6, 6.07) is 7.15. The van der Waals surface area contributed by atoms with Gasteiger partial charge in [0.15, 0.2) is 0 Å². The van der Waals surface area contributed by atoms with Crippen LogP contribution in [0.4, 0.5) is 0 Å². The maximum Gasteiger partial charge on any atom is 0.116 e. The SMILES string of the molecule is CC(C)C1CCC(N2CCC(n3cc(CCN)c4cc(O)ccc43)CC2)CC1. The lowest BCUT2D eigenvalue weighted by atomic mass is 9.79. The fourth-order valence-corrected chi connectivity index (χ4v) is 5.63. The summed E-state index contributed by atoms with van der Waals surface area (Å²) in [7, 11) is 0. The fourth-order valence-electron chi connectivity index (χ4n) is 5.63. The molecule has 0 atom stereocenters. The van der Waals surface area contributed by atoms with Crippen LogP contribution >= 0.6 is 0 Å². The molecule has 0 radical (unpaired) electrons. The monoisotopic (exact) mass is 383 g/mol. The van der Waals surface area contributed by atoms with Gasteiger partial charge < -0.3 is 20.3 Å². The molecule has 2 aromatic rings. The number of hydrogen-bond donors (Lipinski definition) is 2. The predicted octanol–water partition coefficient (Wildman–Crippen LogP) is 4.70. The van der Waals surface area contributed by atoms with Gasteiger partial charge in [-0.15, -0.1) is 0 Å². The molecule has 3 N–H and O–H groups in total. The van der Waals surface area contributed by atoms with Gasteiger partial charge in [-0.25, -0.2) is 0 Å². The number of piperidine rings is 1. The van der Waals surface area contributed by atoms with Gasteiger partial charge in [0.2, 0.25) is 0 Å². The van der Waals surface area contributed by atoms with E-state index < -0.39 is 0 Å². The van der Waals surface area contributed by atoms with Crippen LogP contribution in [0.3, 0.4) is 0 Å². The van der Waals surface area contributed by atoms with E-state index in [2.05, 4.69) is 35.6 Å². The fraction of sp³-hybridized carbons (Fsp3) is 0.667. The highest BCUT2D eigenvalue weighted by Gasteiger charge is 2.30. The van der Waals surface area contributed by atoms with E-state index in [9.17, 15) is 5.11 Å². The molecule has 0 bridgehead atoms. The van der Waals surface area contributed by atoms with Crippen LogP contribution in [0, 0.1) is 11.8 Å². The second-order valence-electron chi connectivity index (χ2n) is 9.38. The molecule has 2 aliphatic rings. The third-order valence-corrected chi connectivity index (χ3v) is 7.41. The largest absolute Gasteiger partial charge is 0.508 e. The molecule has 154 valence electrons. The Morgan fingerprint density at radius 1 is 1.04 bits per heavy atom. The number of likely N-dealkylation sites (tertiary alicyclic amines) is 1. The number of phenols is 1. The lowest BCUT2D eigenvalue weighted by Gasteiger charge is -2.42. The highest BCUT2D eigenvalue weighted by atomic mass is 16.3. The number of rotatable bonds is 5. The molecule has 0 amide bonds. The molecule has 1 saturated carbocycles. The maximum absolute atomic E-state index is 9.93. The zero-order valence-corrected chi connectivity index (χ0v) is 17.6. The summed E-state index contributed by atoms with van der Waals surface area (Å²) in [6.07, 6.45) is 11.2. The molecule has 0 spiro atoms. The highest BCUT2D eigenvalue weighted by molar-refractivity contribution is 5.85. The second-order valence-corrected chi connectivity index (χ2v) is 9.38. The molecule has 4 rings (SSSR count). The van der Waals surface area contributed by atoms with Gasteiger partial charge in [-0.1, -0.05) is 13.8 Å². The number of aromatic nitrogens is 1. The Morgan fingerprint density at radius 2 is 1.75 bits per heavy atom. The molecule has 0 unspecified atom stereocenters. The van der Waals surface area contributed by atoms with Crippen molar-refractivity contribution < 1.29 is 5.11 Å². The first-order valence-electron chi connectivity index (χ1n) is 11.3. The first-order chi connectivity index (χ1) is 13.6. The molecular formula is C24H37N3O. The van der Waals surface area contributed by atoms with E-state index in [4.69, 9.17) is 5.73 Å². The first kappa shape index (κ1) is 19.8. The average molecular weight is 384 g/mol. The lowest BCUT2D eigenvalue weighted by Crippen LogP contribution is -2.43. The second kappa shape index (κ2) is 8.46. The molecule has 1 aromatic heterocycles. The van der Waals surface area contributed by atoms with E-state index in [1.165, 1.54) is 68.1 Å². The minimum Gasteiger partial charge on any atom is -0.508 e. The van der Waals surface area contributed by atoms with Crippen LogP contribution in [0.5, 0.6) is 5.75 Å². The first-order valence-corrected chi connectivity index (χ1v) is 11.3. The third kappa shape index (κ3) is 3.95. The van der Waals surface area contributed by atoms with Gasteiger partial charge in [-0.3, -0.25) is 0 Å². The van der Waals surface area contributed by atoms with Crippen molar-refractivity contribution in [2.24, 2.45) is 17.6 Å². The van der Waals surface area contributed by atoms with Crippen molar-refractivity contribution in [2.75, 3.05) is 19.6 Å². The number of nitrogens with zero attached hydrogens (tertiary/aromatic N) is 2. The van der Waals surface area contributed by atoms with Crippen LogP contribution < -0.4 is 5.73 Å². The average Bonchev–Trinajstić information content (AvgIpc) is 3.06. The lowest BCUT2D eigenvalue weighted by molar-refractivity contribution is 0.0894. The van der Waals surface area contributed by atoms with Crippen molar-refractivity contribution in [3.05, 3.63) is 30.0 Å². The Morgan fingerprint density at radius 3 is 2.39 bits per heavy atom. The summed E-state index contributed by atoms with van der Waals surface area (Å²) >= 11 is 0. The van der Waals surface area contributed by atoms with E-state index in [1.54, 1.807) is 0 Å². The number of aromatic hydroxyl groups is 1. The zero-order valence-electron chi connectivity index (χ0n) is 17.6. The minimum atomic E-state index is 0.343. The Labute approximate surface area is 169 Å². The smallest absolute Gasteiger partial charge is 0.116 e. The number of phenolic OH excluding ortho intramolecular Hbond substituents is 1. The molecule has 28 heavy (non-hydrogen) atoms. The summed E-state index contributed by atoms with van der Waals surface area (Å²) < 4.78 is 2.47. The standard InChI is InChI=1S/C24H37N3O/c1-17(2)18-3-5-20(6-4-18)26-13-10-21(11-14-26)27-16-19(9-12-25)23-15-22(28)7-8-24(23)27/h7-8,15-18,20-21,28H,3-6,9-14,25H2,1-2H3. The molecule has 1 aliphatic carbocycles. The number of fused-ring (bicyclic) bond motifs is 1. The van der Waals surface area contributed by atoms with Crippen molar-refractivity contribution >= 4 is 10.9 Å². The van der Waals surface area contributed by atoms with Crippen LogP contribution in [-0.2, 0) is 6.42 Å². The van der Waals surface area contributed by atoms with E-state index in [0.29, 0.717) is 18.3 Å². The van der Waals surface area contributed by atoms with Gasteiger partial charge in [-0.05, 0) is 87.1 Å². The van der Waals surface area contributed by atoms with Crippen molar-refractivity contribution in [3.8, 4) is 5.75 Å². The van der Waals surface area contributed by atoms with Crippen LogP contribution in [-0.4, -0.2) is 40.2 Å². The summed E-state index contributed by atoms with van der Waals surface area (Å²) in [5, 5.41) is 11.1. The van der Waals surface area contributed by atoms with Crippen molar-refractivity contribution in [1.82, 2.24) is 9.47 Å². The highest BCUT2D eigenvalue weighted by Crippen LogP contribution is 2.36. The normalized spacial score (nSPS) is 25.0. The van der Waals surface area contributed by atoms with E-state index in [-0.39, 0.29) is 0 Å². The van der Waals surface area contributed by atoms with E-state index in [0.717, 1.165) is 24.3 Å². The molecule has 4 heteroatoms. The number of hydrogen-bond acceptors (Lipinski definition) is 3. The summed E-state index contributed by atoms with van der Waals surface area (Å²) in [6.45, 7) is 7.84. The summed E-state index contributed by atoms with van der Waals surface area (Å²) in [5.74, 6) is 2.13. The number of nitrogens with two attached hydrogens (primary N) is 1. The Bertz CT molecular complexity index is 780. The topological polar surface area (TPSA) is 54.4 Å². The quantitative estimate of drug-likeness (QED) is 0.787. The van der Waals surface area contributed by atoms with Crippen LogP contribution in [0.1, 0.15) is 64.0 Å². The maximum atomic E-state index is 9.93. The molecule has 4 nitrogen and oxygen atoms in total. The molecule has 1 aliphatic heterocycles. The van der Waals surface area contributed by atoms with Crippen LogP contribution in [0.2, 0.25) is 0 Å². The Hall–Kier alpha value is -1.52. The van der Waals surface area contributed by atoms with Crippen LogP contribution in [0.15, 0.2) is 24.4 Å².